The van der Waals surface area contributed by atoms with E-state index in [9.17, 15) is 9.59 Å². The molecule has 1 aliphatic rings. The molecule has 5 nitrogen and oxygen atoms in total. The molecule has 0 spiro atoms. The number of hydrogen-bond acceptors (Lipinski definition) is 4. The number of carbonyl (C=O) groups excluding carboxylic acids is 2. The van der Waals surface area contributed by atoms with Gasteiger partial charge in [0, 0.05) is 11.8 Å². The van der Waals surface area contributed by atoms with E-state index in [4.69, 9.17) is 21.1 Å². The van der Waals surface area contributed by atoms with Gasteiger partial charge in [0.25, 0.3) is 0 Å². The highest BCUT2D eigenvalue weighted by atomic mass is 35.5. The molecule has 1 unspecified atom stereocenters. The van der Waals surface area contributed by atoms with Crippen LogP contribution in [0.3, 0.4) is 0 Å². The molecule has 1 heterocycles. The Morgan fingerprint density at radius 1 is 1.36 bits per heavy atom. The monoisotopic (exact) mass is 325 g/mol. The second-order valence-electron chi connectivity index (χ2n) is 6.26. The van der Waals surface area contributed by atoms with Gasteiger partial charge in [0.1, 0.15) is 17.3 Å². The van der Waals surface area contributed by atoms with Crippen LogP contribution in [0, 0.1) is 5.92 Å². The molecule has 0 bridgehead atoms. The quantitative estimate of drug-likeness (QED) is 0.670. The van der Waals surface area contributed by atoms with Gasteiger partial charge in [-0.25, -0.2) is 0 Å². The van der Waals surface area contributed by atoms with E-state index >= 15 is 0 Å². The molecule has 1 N–H and O–H groups in total. The predicted octanol–water partition coefficient (Wildman–Crippen LogP) is 3.19. The number of aryl methyl sites for hydroxylation is 1. The SMILES string of the molecule is COc1cc2c(cc1Cl)CCC(C(=O)OC(C)(C)C)C(=O)N2. The Morgan fingerprint density at radius 2 is 2.05 bits per heavy atom. The van der Waals surface area contributed by atoms with Crippen molar-refractivity contribution in [2.45, 2.75) is 39.2 Å². The molecule has 0 saturated heterocycles. The number of methoxy groups -OCH3 is 1. The standard InChI is InChI=1S/C16H20ClNO4/c1-16(2,3)22-15(20)10-6-5-9-7-11(17)13(21-4)8-12(9)18-14(10)19/h7-8,10H,5-6H2,1-4H3,(H,18,19). The van der Waals surface area contributed by atoms with Crippen LogP contribution in [0.2, 0.25) is 5.02 Å². The summed E-state index contributed by atoms with van der Waals surface area (Å²) in [6.45, 7) is 5.33. The number of anilines is 1. The fourth-order valence-electron chi connectivity index (χ4n) is 2.32. The largest absolute Gasteiger partial charge is 0.495 e. The van der Waals surface area contributed by atoms with Crippen molar-refractivity contribution in [1.29, 1.82) is 0 Å². The van der Waals surface area contributed by atoms with E-state index < -0.39 is 17.5 Å². The van der Waals surface area contributed by atoms with Gasteiger partial charge in [-0.3, -0.25) is 9.59 Å². The topological polar surface area (TPSA) is 64.6 Å². The lowest BCUT2D eigenvalue weighted by molar-refractivity contribution is -0.161. The molecule has 1 aromatic carbocycles. The molecule has 1 atom stereocenters. The molecule has 1 amide bonds. The summed E-state index contributed by atoms with van der Waals surface area (Å²) >= 11 is 6.11. The van der Waals surface area contributed by atoms with Crippen molar-refractivity contribution in [3.8, 4) is 5.75 Å². The fourth-order valence-corrected chi connectivity index (χ4v) is 2.59. The summed E-state index contributed by atoms with van der Waals surface area (Å²) in [6.07, 6.45) is 0.943. The zero-order chi connectivity index (χ0) is 16.5. The first-order chi connectivity index (χ1) is 10.2. The van der Waals surface area contributed by atoms with Crippen LogP contribution in [0.5, 0.6) is 5.75 Å². The van der Waals surface area contributed by atoms with Gasteiger partial charge in [-0.05, 0) is 45.2 Å². The number of fused-ring (bicyclic) bond motifs is 1. The lowest BCUT2D eigenvalue weighted by Gasteiger charge is -2.22. The van der Waals surface area contributed by atoms with Gasteiger partial charge in [0.15, 0.2) is 0 Å². The first-order valence-electron chi connectivity index (χ1n) is 7.11. The van der Waals surface area contributed by atoms with Crippen molar-refractivity contribution in [2.24, 2.45) is 5.92 Å². The minimum absolute atomic E-state index is 0.364. The molecule has 0 aromatic heterocycles. The van der Waals surface area contributed by atoms with Crippen LogP contribution >= 0.6 is 11.6 Å². The summed E-state index contributed by atoms with van der Waals surface area (Å²) in [4.78, 5) is 24.5. The summed E-state index contributed by atoms with van der Waals surface area (Å²) in [7, 11) is 1.51. The molecule has 0 fully saturated rings. The van der Waals surface area contributed by atoms with Gasteiger partial charge < -0.3 is 14.8 Å². The maximum absolute atomic E-state index is 12.3. The highest BCUT2D eigenvalue weighted by Crippen LogP contribution is 2.34. The molecule has 1 aromatic rings. The Bertz CT molecular complexity index is 607. The van der Waals surface area contributed by atoms with E-state index in [-0.39, 0.29) is 5.91 Å². The Labute approximate surface area is 134 Å². The number of hydrogen-bond donors (Lipinski definition) is 1. The number of esters is 1. The van der Waals surface area contributed by atoms with Crippen LogP contribution < -0.4 is 10.1 Å². The predicted molar refractivity (Wildman–Crippen MR) is 84.3 cm³/mol. The number of halogens is 1. The van der Waals surface area contributed by atoms with Gasteiger partial charge in [-0.15, -0.1) is 0 Å². The number of amides is 1. The zero-order valence-electron chi connectivity index (χ0n) is 13.2. The van der Waals surface area contributed by atoms with Gasteiger partial charge in [0.05, 0.1) is 12.1 Å². The third kappa shape index (κ3) is 3.71. The van der Waals surface area contributed by atoms with Crippen molar-refractivity contribution in [3.05, 3.63) is 22.7 Å². The maximum atomic E-state index is 12.3. The number of carbonyl (C=O) groups is 2. The smallest absolute Gasteiger partial charge is 0.319 e. The minimum atomic E-state index is -0.823. The van der Waals surface area contributed by atoms with Crippen LogP contribution in [0.1, 0.15) is 32.8 Å². The van der Waals surface area contributed by atoms with Crippen LogP contribution in [-0.2, 0) is 20.7 Å². The maximum Gasteiger partial charge on any atom is 0.319 e. The Balaban J connectivity index is 2.23. The van der Waals surface area contributed by atoms with Crippen LogP contribution in [-0.4, -0.2) is 24.6 Å². The molecular formula is C16H20ClNO4. The van der Waals surface area contributed by atoms with Crippen molar-refractivity contribution >= 4 is 29.2 Å². The Kier molecular flexibility index (Phi) is 4.66. The molecule has 0 saturated carbocycles. The van der Waals surface area contributed by atoms with Crippen molar-refractivity contribution in [2.75, 3.05) is 12.4 Å². The van der Waals surface area contributed by atoms with Crippen molar-refractivity contribution in [1.82, 2.24) is 0 Å². The number of rotatable bonds is 2. The molecule has 1 aliphatic heterocycles. The second-order valence-corrected chi connectivity index (χ2v) is 6.67. The summed E-state index contributed by atoms with van der Waals surface area (Å²) in [5, 5.41) is 3.24. The Hall–Kier alpha value is -1.75. The van der Waals surface area contributed by atoms with Crippen molar-refractivity contribution < 1.29 is 19.1 Å². The first kappa shape index (κ1) is 16.6. The molecule has 0 aliphatic carbocycles. The van der Waals surface area contributed by atoms with E-state index in [1.54, 1.807) is 32.9 Å². The van der Waals surface area contributed by atoms with E-state index in [2.05, 4.69) is 5.32 Å². The van der Waals surface area contributed by atoms with E-state index in [1.807, 2.05) is 0 Å². The normalized spacial score (nSPS) is 18.0. The molecule has 2 rings (SSSR count). The molecule has 0 radical (unpaired) electrons. The minimum Gasteiger partial charge on any atom is -0.495 e. The lowest BCUT2D eigenvalue weighted by Crippen LogP contribution is -2.35. The molecular weight excluding hydrogens is 306 g/mol. The van der Waals surface area contributed by atoms with Crippen molar-refractivity contribution in [3.63, 3.8) is 0 Å². The molecule has 120 valence electrons. The highest BCUT2D eigenvalue weighted by Gasteiger charge is 2.33. The van der Waals surface area contributed by atoms with Gasteiger partial charge in [-0.2, -0.15) is 0 Å². The van der Waals surface area contributed by atoms with E-state index in [1.165, 1.54) is 7.11 Å². The van der Waals surface area contributed by atoms with Gasteiger partial charge >= 0.3 is 5.97 Å². The lowest BCUT2D eigenvalue weighted by atomic mass is 10.00. The summed E-state index contributed by atoms with van der Waals surface area (Å²) in [5.41, 5.74) is 0.880. The van der Waals surface area contributed by atoms with E-state index in [0.29, 0.717) is 29.3 Å². The van der Waals surface area contributed by atoms with E-state index in [0.717, 1.165) is 5.56 Å². The third-order valence-electron chi connectivity index (χ3n) is 3.35. The third-order valence-corrected chi connectivity index (χ3v) is 3.64. The Morgan fingerprint density at radius 3 is 2.64 bits per heavy atom. The highest BCUT2D eigenvalue weighted by molar-refractivity contribution is 6.32. The van der Waals surface area contributed by atoms with Gasteiger partial charge in [-0.1, -0.05) is 11.6 Å². The number of benzene rings is 1. The zero-order valence-corrected chi connectivity index (χ0v) is 13.9. The number of ether oxygens (including phenoxy) is 2. The van der Waals surface area contributed by atoms with Crippen LogP contribution in [0.25, 0.3) is 0 Å². The molecule has 6 heteroatoms. The van der Waals surface area contributed by atoms with Crippen LogP contribution in [0.15, 0.2) is 12.1 Å². The van der Waals surface area contributed by atoms with Gasteiger partial charge in [0.2, 0.25) is 5.91 Å². The summed E-state index contributed by atoms with van der Waals surface area (Å²) < 4.78 is 10.5. The number of nitrogens with one attached hydrogen (secondary N) is 1. The fraction of sp³-hybridized carbons (Fsp3) is 0.500. The summed E-state index contributed by atoms with van der Waals surface area (Å²) in [5.74, 6) is -1.21. The summed E-state index contributed by atoms with van der Waals surface area (Å²) in [6, 6.07) is 3.43. The molecule has 22 heavy (non-hydrogen) atoms. The first-order valence-corrected chi connectivity index (χ1v) is 7.49. The average Bonchev–Trinajstić information content (AvgIpc) is 2.54. The van der Waals surface area contributed by atoms with Crippen LogP contribution in [0.4, 0.5) is 5.69 Å². The average molecular weight is 326 g/mol. The second kappa shape index (κ2) is 6.16.